The van der Waals surface area contributed by atoms with E-state index in [-0.39, 0.29) is 17.5 Å². The van der Waals surface area contributed by atoms with E-state index in [0.29, 0.717) is 44.5 Å². The Balaban J connectivity index is 1.50. The summed E-state index contributed by atoms with van der Waals surface area (Å²) in [5.74, 6) is -0.249. The van der Waals surface area contributed by atoms with Crippen molar-refractivity contribution in [2.24, 2.45) is 0 Å². The molecule has 1 amide bonds. The second-order valence-electron chi connectivity index (χ2n) is 5.97. The molecule has 6 heteroatoms. The predicted octanol–water partition coefficient (Wildman–Crippen LogP) is 3.84. The van der Waals surface area contributed by atoms with E-state index in [4.69, 9.17) is 4.74 Å². The Morgan fingerprint density at radius 3 is 2.80 bits per heavy atom. The van der Waals surface area contributed by atoms with Crippen LogP contribution in [0.2, 0.25) is 0 Å². The summed E-state index contributed by atoms with van der Waals surface area (Å²) in [6.45, 7) is 1.24. The van der Waals surface area contributed by atoms with Crippen LogP contribution in [-0.4, -0.2) is 36.3 Å². The van der Waals surface area contributed by atoms with Crippen LogP contribution in [0.1, 0.15) is 40.6 Å². The molecule has 0 spiro atoms. The van der Waals surface area contributed by atoms with Gasteiger partial charge < -0.3 is 9.64 Å². The summed E-state index contributed by atoms with van der Waals surface area (Å²) in [6.07, 6.45) is 0.776. The molecule has 1 aliphatic rings. The topological polar surface area (TPSA) is 46.6 Å². The summed E-state index contributed by atoms with van der Waals surface area (Å²) >= 11 is 1.42. The summed E-state index contributed by atoms with van der Waals surface area (Å²) in [5, 5.41) is 1.87. The summed E-state index contributed by atoms with van der Waals surface area (Å²) in [5.41, 5.74) is 0.480. The van der Waals surface area contributed by atoms with E-state index in [1.54, 1.807) is 29.2 Å². The van der Waals surface area contributed by atoms with Crippen molar-refractivity contribution >= 4 is 23.0 Å². The molecular weight excluding hydrogens is 341 g/mol. The van der Waals surface area contributed by atoms with Crippen LogP contribution < -0.4 is 0 Å². The van der Waals surface area contributed by atoms with Crippen LogP contribution in [0.3, 0.4) is 0 Å². The van der Waals surface area contributed by atoms with Gasteiger partial charge in [0.2, 0.25) is 5.91 Å². The molecule has 1 aromatic heterocycles. The van der Waals surface area contributed by atoms with Crippen molar-refractivity contribution in [1.82, 2.24) is 4.90 Å². The van der Waals surface area contributed by atoms with Gasteiger partial charge in [-0.1, -0.05) is 24.3 Å². The second-order valence-corrected chi connectivity index (χ2v) is 6.92. The van der Waals surface area contributed by atoms with Gasteiger partial charge in [0, 0.05) is 24.9 Å². The van der Waals surface area contributed by atoms with E-state index >= 15 is 0 Å². The Kier molecular flexibility index (Phi) is 5.94. The molecule has 0 radical (unpaired) electrons. The smallest absolute Gasteiger partial charge is 0.222 e. The van der Waals surface area contributed by atoms with E-state index in [2.05, 4.69) is 0 Å². The molecule has 1 aromatic carbocycles. The maximum Gasteiger partial charge on any atom is 0.222 e. The third-order valence-corrected chi connectivity index (χ3v) is 5.17. The average molecular weight is 361 g/mol. The number of hydrogen-bond acceptors (Lipinski definition) is 4. The van der Waals surface area contributed by atoms with E-state index in [1.165, 1.54) is 17.4 Å². The first kappa shape index (κ1) is 17.8. The average Bonchev–Trinajstić information content (AvgIpc) is 3.17. The molecule has 0 N–H and O–H groups in total. The quantitative estimate of drug-likeness (QED) is 0.735. The number of nitrogens with zero attached hydrogens (tertiary/aromatic N) is 1. The first-order valence-electron chi connectivity index (χ1n) is 8.35. The zero-order chi connectivity index (χ0) is 17.6. The number of Topliss-reactive ketones (excluding diaryl/α,β-unsaturated/α-hetero) is 1. The number of thiophene rings is 1. The van der Waals surface area contributed by atoms with Gasteiger partial charge in [0.15, 0.2) is 5.78 Å². The van der Waals surface area contributed by atoms with Gasteiger partial charge in [-0.25, -0.2) is 4.39 Å². The van der Waals surface area contributed by atoms with Crippen molar-refractivity contribution in [2.75, 3.05) is 19.7 Å². The largest absolute Gasteiger partial charge is 0.370 e. The van der Waals surface area contributed by atoms with Gasteiger partial charge >= 0.3 is 0 Å². The maximum atomic E-state index is 13.9. The van der Waals surface area contributed by atoms with Crippen LogP contribution in [0.4, 0.5) is 4.39 Å². The van der Waals surface area contributed by atoms with Gasteiger partial charge in [0.1, 0.15) is 11.9 Å². The highest BCUT2D eigenvalue weighted by Crippen LogP contribution is 2.25. The summed E-state index contributed by atoms with van der Waals surface area (Å²) in [7, 11) is 0. The van der Waals surface area contributed by atoms with Gasteiger partial charge in [-0.05, 0) is 23.9 Å². The van der Waals surface area contributed by atoms with Gasteiger partial charge in [0.25, 0.3) is 0 Å². The monoisotopic (exact) mass is 361 g/mol. The number of rotatable bonds is 6. The van der Waals surface area contributed by atoms with Gasteiger partial charge in [-0.2, -0.15) is 0 Å². The van der Waals surface area contributed by atoms with Crippen LogP contribution in [-0.2, 0) is 9.53 Å². The molecule has 3 rings (SSSR count). The van der Waals surface area contributed by atoms with E-state index in [9.17, 15) is 14.0 Å². The number of amides is 1. The van der Waals surface area contributed by atoms with Crippen LogP contribution >= 0.6 is 11.3 Å². The predicted molar refractivity (Wildman–Crippen MR) is 94.2 cm³/mol. The van der Waals surface area contributed by atoms with Gasteiger partial charge in [-0.3, -0.25) is 9.59 Å². The van der Waals surface area contributed by atoms with Crippen molar-refractivity contribution in [3.8, 4) is 0 Å². The first-order valence-corrected chi connectivity index (χ1v) is 9.23. The number of carbonyl (C=O) groups is 2. The minimum atomic E-state index is -0.438. The molecule has 1 atom stereocenters. The Morgan fingerprint density at radius 2 is 2.04 bits per heavy atom. The van der Waals surface area contributed by atoms with E-state index in [1.807, 2.05) is 11.4 Å². The highest BCUT2D eigenvalue weighted by Gasteiger charge is 2.26. The van der Waals surface area contributed by atoms with Crippen LogP contribution in [0, 0.1) is 5.82 Å². The lowest BCUT2D eigenvalue weighted by atomic mass is 10.1. The summed E-state index contributed by atoms with van der Waals surface area (Å²) < 4.78 is 19.5. The van der Waals surface area contributed by atoms with E-state index < -0.39 is 6.10 Å². The lowest BCUT2D eigenvalue weighted by molar-refractivity contribution is -0.139. The fraction of sp³-hybridized carbons (Fsp3) is 0.368. The SMILES string of the molecule is O=C(CCCC(=O)N1CCOC(c2ccccc2F)C1)c1cccs1. The molecule has 1 saturated heterocycles. The Morgan fingerprint density at radius 1 is 1.20 bits per heavy atom. The Bertz CT molecular complexity index is 732. The molecule has 0 saturated carbocycles. The number of ketones is 1. The molecule has 25 heavy (non-hydrogen) atoms. The highest BCUT2D eigenvalue weighted by atomic mass is 32.1. The molecule has 2 aromatic rings. The fourth-order valence-electron chi connectivity index (χ4n) is 2.92. The van der Waals surface area contributed by atoms with Crippen molar-refractivity contribution in [1.29, 1.82) is 0 Å². The van der Waals surface area contributed by atoms with Crippen molar-refractivity contribution in [3.63, 3.8) is 0 Å². The van der Waals surface area contributed by atoms with Crippen molar-refractivity contribution in [3.05, 3.63) is 58.0 Å². The van der Waals surface area contributed by atoms with Crippen LogP contribution in [0.25, 0.3) is 0 Å². The maximum absolute atomic E-state index is 13.9. The molecule has 132 valence electrons. The van der Waals surface area contributed by atoms with Crippen molar-refractivity contribution < 1.29 is 18.7 Å². The summed E-state index contributed by atoms with van der Waals surface area (Å²) in [6, 6.07) is 10.1. The zero-order valence-electron chi connectivity index (χ0n) is 13.8. The normalized spacial score (nSPS) is 17.5. The number of ether oxygens (including phenoxy) is 1. The van der Waals surface area contributed by atoms with E-state index in [0.717, 1.165) is 4.88 Å². The first-order chi connectivity index (χ1) is 12.1. The lowest BCUT2D eigenvalue weighted by Crippen LogP contribution is -2.42. The molecular formula is C19H20FNO3S. The molecule has 2 heterocycles. The molecule has 4 nitrogen and oxygen atoms in total. The number of hydrogen-bond donors (Lipinski definition) is 0. The van der Waals surface area contributed by atoms with Crippen molar-refractivity contribution in [2.45, 2.75) is 25.4 Å². The number of benzene rings is 1. The Hall–Kier alpha value is -2.05. The minimum absolute atomic E-state index is 0.0105. The standard InChI is InChI=1S/C19H20FNO3S/c20-15-6-2-1-5-14(15)17-13-21(10-11-24-17)19(23)9-3-7-16(22)18-8-4-12-25-18/h1-2,4-6,8,12,17H,3,7,9-11,13H2. The molecule has 0 bridgehead atoms. The van der Waals surface area contributed by atoms with Crippen LogP contribution in [0.5, 0.6) is 0 Å². The third-order valence-electron chi connectivity index (χ3n) is 4.26. The molecule has 1 aliphatic heterocycles. The second kappa shape index (κ2) is 8.36. The summed E-state index contributed by atoms with van der Waals surface area (Å²) in [4.78, 5) is 26.8. The number of morpholine rings is 1. The Labute approximate surface area is 150 Å². The highest BCUT2D eigenvalue weighted by molar-refractivity contribution is 7.12. The number of carbonyl (C=O) groups excluding carboxylic acids is 2. The lowest BCUT2D eigenvalue weighted by Gasteiger charge is -2.33. The van der Waals surface area contributed by atoms with Crippen LogP contribution in [0.15, 0.2) is 41.8 Å². The van der Waals surface area contributed by atoms with Gasteiger partial charge in [-0.15, -0.1) is 11.3 Å². The fourth-order valence-corrected chi connectivity index (χ4v) is 3.61. The minimum Gasteiger partial charge on any atom is -0.370 e. The molecule has 1 unspecified atom stereocenters. The van der Waals surface area contributed by atoms with Gasteiger partial charge in [0.05, 0.1) is 18.0 Å². The molecule has 0 aliphatic carbocycles. The molecule has 1 fully saturated rings. The zero-order valence-corrected chi connectivity index (χ0v) is 14.6. The third kappa shape index (κ3) is 4.52. The number of halogens is 1.